The Labute approximate surface area is 211 Å². The summed E-state index contributed by atoms with van der Waals surface area (Å²) in [6.07, 6.45) is 5.12. The van der Waals surface area contributed by atoms with Crippen LogP contribution in [0, 0.1) is 0 Å². The molecule has 8 nitrogen and oxygen atoms in total. The number of carbonyl (C=O) groups excluding carboxylic acids is 2. The molecule has 2 amide bonds. The lowest BCUT2D eigenvalue weighted by Gasteiger charge is -2.24. The van der Waals surface area contributed by atoms with E-state index in [1.807, 2.05) is 42.5 Å². The molecule has 1 aliphatic rings. The van der Waals surface area contributed by atoms with Crippen molar-refractivity contribution in [2.75, 3.05) is 26.8 Å². The molecular weight excluding hydrogens is 458 g/mol. The van der Waals surface area contributed by atoms with Gasteiger partial charge in [-0.3, -0.25) is 9.59 Å². The van der Waals surface area contributed by atoms with Crippen molar-refractivity contribution in [1.29, 1.82) is 0 Å². The average Bonchev–Trinajstić information content (AvgIpc) is 2.91. The van der Waals surface area contributed by atoms with Crippen LogP contribution in [0.2, 0.25) is 0 Å². The number of para-hydroxylation sites is 3. The van der Waals surface area contributed by atoms with E-state index in [2.05, 4.69) is 10.3 Å². The first kappa shape index (κ1) is 25.0. The first-order valence-electron chi connectivity index (χ1n) is 12.2. The summed E-state index contributed by atoms with van der Waals surface area (Å²) >= 11 is 0. The second kappa shape index (κ2) is 12.6. The van der Waals surface area contributed by atoms with Gasteiger partial charge < -0.3 is 24.4 Å². The minimum Gasteiger partial charge on any atom is -0.496 e. The summed E-state index contributed by atoms with van der Waals surface area (Å²) in [5.41, 5.74) is 1.16. The number of aromatic nitrogens is 1. The summed E-state index contributed by atoms with van der Waals surface area (Å²) in [5, 5.41) is 2.91. The molecule has 0 atom stereocenters. The van der Waals surface area contributed by atoms with E-state index >= 15 is 0 Å². The zero-order valence-electron chi connectivity index (χ0n) is 20.4. The number of rotatable bonds is 5. The number of nitrogens with one attached hydrogen (secondary N) is 1. The van der Waals surface area contributed by atoms with Gasteiger partial charge in [0, 0.05) is 24.8 Å². The van der Waals surface area contributed by atoms with Gasteiger partial charge in [0.1, 0.15) is 11.3 Å². The SMILES string of the molecule is COc1ccccc1CNC(=O)CN1CCCCCCOc2ccccc2Oc2ncccc2C1=O. The van der Waals surface area contributed by atoms with E-state index in [0.29, 0.717) is 42.5 Å². The van der Waals surface area contributed by atoms with Crippen LogP contribution in [0.4, 0.5) is 0 Å². The predicted octanol–water partition coefficient (Wildman–Crippen LogP) is 4.59. The Kier molecular flexibility index (Phi) is 8.75. The average molecular weight is 490 g/mol. The molecule has 0 saturated heterocycles. The molecule has 8 heteroatoms. The van der Waals surface area contributed by atoms with Gasteiger partial charge in [-0.1, -0.05) is 43.2 Å². The number of methoxy groups -OCH3 is 1. The maximum Gasteiger partial charge on any atom is 0.259 e. The van der Waals surface area contributed by atoms with Crippen molar-refractivity contribution < 1.29 is 23.8 Å². The predicted molar refractivity (Wildman–Crippen MR) is 135 cm³/mol. The molecular formula is C28H31N3O5. The van der Waals surface area contributed by atoms with E-state index in [4.69, 9.17) is 14.2 Å². The number of pyridine rings is 1. The zero-order valence-corrected chi connectivity index (χ0v) is 20.4. The van der Waals surface area contributed by atoms with Crippen LogP contribution in [0.1, 0.15) is 41.6 Å². The smallest absolute Gasteiger partial charge is 0.259 e. The van der Waals surface area contributed by atoms with E-state index in [0.717, 1.165) is 31.2 Å². The van der Waals surface area contributed by atoms with Gasteiger partial charge in [-0.15, -0.1) is 0 Å². The summed E-state index contributed by atoms with van der Waals surface area (Å²) in [7, 11) is 1.60. The lowest BCUT2D eigenvalue weighted by Crippen LogP contribution is -2.41. The third-order valence-corrected chi connectivity index (χ3v) is 5.93. The number of hydrogen-bond acceptors (Lipinski definition) is 6. The van der Waals surface area contributed by atoms with E-state index in [1.54, 1.807) is 36.4 Å². The molecule has 188 valence electrons. The monoisotopic (exact) mass is 489 g/mol. The Bertz CT molecular complexity index is 1180. The number of carbonyl (C=O) groups is 2. The number of hydrogen-bond donors (Lipinski definition) is 1. The number of benzene rings is 2. The van der Waals surface area contributed by atoms with Gasteiger partial charge in [0.25, 0.3) is 5.91 Å². The highest BCUT2D eigenvalue weighted by Gasteiger charge is 2.24. The van der Waals surface area contributed by atoms with Gasteiger partial charge in [-0.25, -0.2) is 4.98 Å². The molecule has 4 rings (SSSR count). The van der Waals surface area contributed by atoms with Crippen molar-refractivity contribution in [2.24, 2.45) is 0 Å². The van der Waals surface area contributed by atoms with Crippen LogP contribution in [0.5, 0.6) is 23.1 Å². The minimum absolute atomic E-state index is 0.0674. The molecule has 0 fully saturated rings. The summed E-state index contributed by atoms with van der Waals surface area (Å²) in [5.74, 6) is 1.42. The summed E-state index contributed by atoms with van der Waals surface area (Å²) in [6, 6.07) is 18.2. The molecule has 3 aromatic rings. The van der Waals surface area contributed by atoms with Crippen LogP contribution < -0.4 is 19.5 Å². The molecule has 2 heterocycles. The Hall–Kier alpha value is -4.07. The second-order valence-corrected chi connectivity index (χ2v) is 8.48. The molecule has 0 spiro atoms. The lowest BCUT2D eigenvalue weighted by atomic mass is 10.1. The number of ether oxygens (including phenoxy) is 3. The van der Waals surface area contributed by atoms with E-state index in [9.17, 15) is 9.59 Å². The fourth-order valence-corrected chi connectivity index (χ4v) is 4.03. The highest BCUT2D eigenvalue weighted by Crippen LogP contribution is 2.32. The number of nitrogens with zero attached hydrogens (tertiary/aromatic N) is 2. The molecule has 0 unspecified atom stereocenters. The Morgan fingerprint density at radius 2 is 1.78 bits per heavy atom. The van der Waals surface area contributed by atoms with Crippen LogP contribution in [0.3, 0.4) is 0 Å². The van der Waals surface area contributed by atoms with Gasteiger partial charge in [-0.2, -0.15) is 0 Å². The maximum atomic E-state index is 13.6. The summed E-state index contributed by atoms with van der Waals surface area (Å²) in [4.78, 5) is 32.3. The molecule has 1 N–H and O–H groups in total. The fraction of sp³-hybridized carbons (Fsp3) is 0.321. The van der Waals surface area contributed by atoms with Crippen LogP contribution >= 0.6 is 0 Å². The summed E-state index contributed by atoms with van der Waals surface area (Å²) < 4.78 is 17.3. The first-order chi connectivity index (χ1) is 17.7. The van der Waals surface area contributed by atoms with Crippen LogP contribution in [0.15, 0.2) is 66.9 Å². The van der Waals surface area contributed by atoms with Crippen LogP contribution in [0.25, 0.3) is 0 Å². The molecule has 2 aromatic carbocycles. The highest BCUT2D eigenvalue weighted by molar-refractivity contribution is 5.98. The molecule has 36 heavy (non-hydrogen) atoms. The van der Waals surface area contributed by atoms with Crippen LogP contribution in [-0.4, -0.2) is 48.5 Å². The van der Waals surface area contributed by atoms with Gasteiger partial charge >= 0.3 is 0 Å². The normalized spacial score (nSPS) is 14.4. The molecule has 0 radical (unpaired) electrons. The Balaban J connectivity index is 1.53. The van der Waals surface area contributed by atoms with E-state index < -0.39 is 0 Å². The fourth-order valence-electron chi connectivity index (χ4n) is 4.03. The molecule has 0 aliphatic carbocycles. The topological polar surface area (TPSA) is 90.0 Å². The Morgan fingerprint density at radius 1 is 1.00 bits per heavy atom. The lowest BCUT2D eigenvalue weighted by molar-refractivity contribution is -0.122. The van der Waals surface area contributed by atoms with Crippen molar-refractivity contribution >= 4 is 11.8 Å². The van der Waals surface area contributed by atoms with Crippen molar-refractivity contribution in [3.63, 3.8) is 0 Å². The second-order valence-electron chi connectivity index (χ2n) is 8.48. The summed E-state index contributed by atoms with van der Waals surface area (Å²) in [6.45, 7) is 1.26. The molecule has 1 aliphatic heterocycles. The van der Waals surface area contributed by atoms with Crippen molar-refractivity contribution in [1.82, 2.24) is 15.2 Å². The van der Waals surface area contributed by atoms with Gasteiger partial charge in [-0.05, 0) is 43.2 Å². The van der Waals surface area contributed by atoms with Crippen molar-refractivity contribution in [2.45, 2.75) is 32.2 Å². The standard InChI is InChI=1S/C28H31N3O5/c1-34-23-13-5-4-11-21(23)19-30-26(32)20-31-17-8-2-3-9-18-35-24-14-6-7-15-25(24)36-27-22(28(31)33)12-10-16-29-27/h4-7,10-16H,2-3,8-9,17-20H2,1H3,(H,30,32). The number of fused-ring (bicyclic) bond motifs is 2. The quantitative estimate of drug-likeness (QED) is 0.564. The largest absolute Gasteiger partial charge is 0.496 e. The molecule has 0 bridgehead atoms. The highest BCUT2D eigenvalue weighted by atomic mass is 16.5. The van der Waals surface area contributed by atoms with E-state index in [-0.39, 0.29) is 24.2 Å². The third kappa shape index (κ3) is 6.53. The van der Waals surface area contributed by atoms with Crippen LogP contribution in [-0.2, 0) is 11.3 Å². The zero-order chi connectivity index (χ0) is 25.2. The van der Waals surface area contributed by atoms with Gasteiger partial charge in [0.2, 0.25) is 11.8 Å². The Morgan fingerprint density at radius 3 is 2.64 bits per heavy atom. The van der Waals surface area contributed by atoms with Crippen molar-refractivity contribution in [3.05, 3.63) is 78.0 Å². The minimum atomic E-state index is -0.305. The first-order valence-corrected chi connectivity index (χ1v) is 12.2. The van der Waals surface area contributed by atoms with Gasteiger partial charge in [0.15, 0.2) is 11.5 Å². The maximum absolute atomic E-state index is 13.6. The third-order valence-electron chi connectivity index (χ3n) is 5.93. The van der Waals surface area contributed by atoms with E-state index in [1.165, 1.54) is 0 Å². The molecule has 0 saturated carbocycles. The van der Waals surface area contributed by atoms with Gasteiger partial charge in [0.05, 0.1) is 20.3 Å². The number of amides is 2. The van der Waals surface area contributed by atoms with Crippen molar-refractivity contribution in [3.8, 4) is 23.1 Å². The molecule has 1 aromatic heterocycles.